The highest BCUT2D eigenvalue weighted by Gasteiger charge is 2.39. The summed E-state index contributed by atoms with van der Waals surface area (Å²) in [6, 6.07) is 10.7. The lowest BCUT2D eigenvalue weighted by Crippen LogP contribution is -2.54. The number of nitrogens with one attached hydrogen (secondary N) is 1. The molecule has 6 heterocycles. The van der Waals surface area contributed by atoms with Crippen LogP contribution in [0.15, 0.2) is 49.1 Å². The maximum atomic E-state index is 12.5. The molecule has 2 aliphatic heterocycles. The highest BCUT2D eigenvalue weighted by molar-refractivity contribution is 5.83. The number of ether oxygens (including phenoxy) is 1. The van der Waals surface area contributed by atoms with Crippen molar-refractivity contribution in [2.75, 3.05) is 31.5 Å². The van der Waals surface area contributed by atoms with Crippen LogP contribution < -0.4 is 5.32 Å². The average molecular weight is 568 g/mol. The van der Waals surface area contributed by atoms with Crippen molar-refractivity contribution in [2.24, 2.45) is 0 Å². The number of hydrogen-bond acceptors (Lipinski definition) is 8. The second kappa shape index (κ2) is 10.8. The second-order valence-corrected chi connectivity index (χ2v) is 12.3. The number of carbonyl (C=O) groups excluding carboxylic acids is 1. The number of nitrogens with zero attached hydrogens (tertiary/aromatic N) is 8. The highest BCUT2D eigenvalue weighted by Crippen LogP contribution is 2.35. The Morgan fingerprint density at radius 1 is 1.17 bits per heavy atom. The molecule has 2 fully saturated rings. The number of carbonyl (C=O) groups is 1. The summed E-state index contributed by atoms with van der Waals surface area (Å²) < 4.78 is 9.44. The molecule has 2 saturated heterocycles. The number of anilines is 1. The lowest BCUT2D eigenvalue weighted by molar-refractivity contribution is 0.0232. The molecule has 218 valence electrons. The van der Waals surface area contributed by atoms with Crippen LogP contribution in [0, 0.1) is 18.3 Å². The molecule has 0 aliphatic carbocycles. The van der Waals surface area contributed by atoms with E-state index in [9.17, 15) is 10.1 Å². The normalized spacial score (nSPS) is 18.6. The number of pyridine rings is 2. The fourth-order valence-corrected chi connectivity index (χ4v) is 5.95. The van der Waals surface area contributed by atoms with Crippen LogP contribution >= 0.6 is 0 Å². The zero-order valence-corrected chi connectivity index (χ0v) is 24.8. The lowest BCUT2D eigenvalue weighted by atomic mass is 10.0. The zero-order chi connectivity index (χ0) is 29.6. The van der Waals surface area contributed by atoms with Gasteiger partial charge in [-0.1, -0.05) is 6.07 Å². The first-order valence-electron chi connectivity index (χ1n) is 14.5. The largest absolute Gasteiger partial charge is 0.444 e. The van der Waals surface area contributed by atoms with Crippen LogP contribution in [0.4, 0.5) is 10.5 Å². The summed E-state index contributed by atoms with van der Waals surface area (Å²) >= 11 is 0. The van der Waals surface area contributed by atoms with Crippen molar-refractivity contribution in [3.8, 4) is 17.2 Å². The van der Waals surface area contributed by atoms with Crippen LogP contribution in [0.1, 0.15) is 63.2 Å². The number of nitriles is 1. The molecule has 0 aromatic carbocycles. The predicted molar refractivity (Wildman–Crippen MR) is 159 cm³/mol. The van der Waals surface area contributed by atoms with E-state index in [1.54, 1.807) is 16.9 Å². The third-order valence-corrected chi connectivity index (χ3v) is 8.16. The first-order valence-corrected chi connectivity index (χ1v) is 14.5. The maximum Gasteiger partial charge on any atom is 0.410 e. The molecule has 11 heteroatoms. The number of aromatic nitrogens is 5. The standard InChI is InChI=1S/C31H37N9O2/c1-20(27-8-6-7-10-33-27)36-28-12-22(16-39-29(28)23(13-32)14-34-39)26-15-35-40(21(26)2)25-18-38(19-25)24-9-11-37(17-24)30(41)42-31(3,4)5/h6-8,10,12,14-16,20,24-25,36H,9,11,17-19H2,1-5H3/t20-,24+/m1/s1. The molecule has 11 nitrogen and oxygen atoms in total. The van der Waals surface area contributed by atoms with E-state index < -0.39 is 5.60 Å². The summed E-state index contributed by atoms with van der Waals surface area (Å²) in [6.07, 6.45) is 7.98. The van der Waals surface area contributed by atoms with Crippen molar-refractivity contribution in [1.29, 1.82) is 5.26 Å². The zero-order valence-electron chi connectivity index (χ0n) is 24.8. The minimum Gasteiger partial charge on any atom is -0.444 e. The van der Waals surface area contributed by atoms with E-state index in [2.05, 4.69) is 51.0 Å². The summed E-state index contributed by atoms with van der Waals surface area (Å²) in [7, 11) is 0. The van der Waals surface area contributed by atoms with E-state index in [1.807, 2.05) is 56.3 Å². The molecular formula is C31H37N9O2. The molecule has 0 unspecified atom stereocenters. The summed E-state index contributed by atoms with van der Waals surface area (Å²) in [5, 5.41) is 22.6. The van der Waals surface area contributed by atoms with Gasteiger partial charge in [0.2, 0.25) is 0 Å². The number of rotatable bonds is 6. The van der Waals surface area contributed by atoms with Gasteiger partial charge in [0.05, 0.1) is 41.4 Å². The Morgan fingerprint density at radius 2 is 1.98 bits per heavy atom. The van der Waals surface area contributed by atoms with Gasteiger partial charge < -0.3 is 15.0 Å². The average Bonchev–Trinajstić information content (AvgIpc) is 3.67. The van der Waals surface area contributed by atoms with Crippen LogP contribution in [0.2, 0.25) is 0 Å². The van der Waals surface area contributed by atoms with Crippen molar-refractivity contribution in [3.63, 3.8) is 0 Å². The van der Waals surface area contributed by atoms with E-state index in [0.717, 1.165) is 59.8 Å². The van der Waals surface area contributed by atoms with E-state index in [0.29, 0.717) is 18.2 Å². The minimum absolute atomic E-state index is 0.0710. The minimum atomic E-state index is -0.486. The molecule has 6 rings (SSSR count). The number of amides is 1. The smallest absolute Gasteiger partial charge is 0.410 e. The maximum absolute atomic E-state index is 12.5. The van der Waals surface area contributed by atoms with Gasteiger partial charge in [-0.15, -0.1) is 0 Å². The monoisotopic (exact) mass is 567 g/mol. The fraction of sp³-hybridized carbons (Fsp3) is 0.452. The molecule has 4 aromatic heterocycles. The van der Waals surface area contributed by atoms with Gasteiger partial charge in [-0.05, 0) is 59.2 Å². The van der Waals surface area contributed by atoms with Gasteiger partial charge >= 0.3 is 6.09 Å². The van der Waals surface area contributed by atoms with Crippen molar-refractivity contribution in [2.45, 2.75) is 64.8 Å². The third-order valence-electron chi connectivity index (χ3n) is 8.16. The van der Waals surface area contributed by atoms with E-state index in [4.69, 9.17) is 9.84 Å². The van der Waals surface area contributed by atoms with Crippen LogP contribution in [0.25, 0.3) is 16.6 Å². The summed E-state index contributed by atoms with van der Waals surface area (Å²) in [5.41, 5.74) is 5.56. The summed E-state index contributed by atoms with van der Waals surface area (Å²) in [4.78, 5) is 21.3. The van der Waals surface area contributed by atoms with Gasteiger partial charge in [0.25, 0.3) is 0 Å². The molecule has 42 heavy (non-hydrogen) atoms. The van der Waals surface area contributed by atoms with E-state index in [-0.39, 0.29) is 18.2 Å². The first kappa shape index (κ1) is 27.7. The quantitative estimate of drug-likeness (QED) is 0.353. The Hall–Kier alpha value is -4.43. The molecular weight excluding hydrogens is 530 g/mol. The number of hydrogen-bond donors (Lipinski definition) is 1. The van der Waals surface area contributed by atoms with Gasteiger partial charge in [0.15, 0.2) is 0 Å². The third kappa shape index (κ3) is 5.30. The number of likely N-dealkylation sites (tertiary alicyclic amines) is 2. The lowest BCUT2D eigenvalue weighted by Gasteiger charge is -2.43. The Bertz CT molecular complexity index is 1640. The molecule has 4 aromatic rings. The van der Waals surface area contributed by atoms with Gasteiger partial charge in [0, 0.05) is 61.4 Å². The Balaban J connectivity index is 1.18. The van der Waals surface area contributed by atoms with Crippen molar-refractivity contribution >= 4 is 17.3 Å². The molecule has 0 bridgehead atoms. The summed E-state index contributed by atoms with van der Waals surface area (Å²) in [6.45, 7) is 13.1. The van der Waals surface area contributed by atoms with Crippen molar-refractivity contribution < 1.29 is 9.53 Å². The predicted octanol–water partition coefficient (Wildman–Crippen LogP) is 4.81. The van der Waals surface area contributed by atoms with Gasteiger partial charge in [-0.3, -0.25) is 14.6 Å². The fourth-order valence-electron chi connectivity index (χ4n) is 5.95. The van der Waals surface area contributed by atoms with Crippen molar-refractivity contribution in [1.82, 2.24) is 34.2 Å². The van der Waals surface area contributed by atoms with Gasteiger partial charge in [-0.2, -0.15) is 15.5 Å². The van der Waals surface area contributed by atoms with Crippen LogP contribution in [0.5, 0.6) is 0 Å². The molecule has 1 amide bonds. The molecule has 2 atom stereocenters. The van der Waals surface area contributed by atoms with Crippen molar-refractivity contribution in [3.05, 3.63) is 66.0 Å². The van der Waals surface area contributed by atoms with Crippen LogP contribution in [-0.4, -0.2) is 78.1 Å². The van der Waals surface area contributed by atoms with Gasteiger partial charge in [0.1, 0.15) is 17.2 Å². The first-order chi connectivity index (χ1) is 20.1. The number of fused-ring (bicyclic) bond motifs is 1. The van der Waals surface area contributed by atoms with Crippen LogP contribution in [-0.2, 0) is 4.74 Å². The molecule has 0 saturated carbocycles. The Kier molecular flexibility index (Phi) is 7.10. The highest BCUT2D eigenvalue weighted by atomic mass is 16.6. The second-order valence-electron chi connectivity index (χ2n) is 12.3. The molecule has 0 radical (unpaired) electrons. The Morgan fingerprint density at radius 3 is 2.69 bits per heavy atom. The van der Waals surface area contributed by atoms with E-state index >= 15 is 0 Å². The molecule has 1 N–H and O–H groups in total. The molecule has 2 aliphatic rings. The van der Waals surface area contributed by atoms with Crippen LogP contribution in [0.3, 0.4) is 0 Å². The summed E-state index contributed by atoms with van der Waals surface area (Å²) in [5.74, 6) is 0. The Labute approximate surface area is 245 Å². The molecule has 0 spiro atoms. The topological polar surface area (TPSA) is 117 Å². The van der Waals surface area contributed by atoms with Gasteiger partial charge in [-0.25, -0.2) is 9.31 Å². The SMILES string of the molecule is Cc1c(-c2cc(N[C@H](C)c3ccccn3)c3c(C#N)cnn3c2)cnn1C1CN([C@H]2CCN(C(=O)OC(C)(C)C)C2)C1. The van der Waals surface area contributed by atoms with E-state index in [1.165, 1.54) is 0 Å².